The second-order valence-electron chi connectivity index (χ2n) is 5.27. The van der Waals surface area contributed by atoms with Gasteiger partial charge < -0.3 is 14.4 Å². The van der Waals surface area contributed by atoms with Crippen LogP contribution >= 0.6 is 15.9 Å². The monoisotopic (exact) mass is 362 g/mol. The molecule has 3 rings (SSSR count). The van der Waals surface area contributed by atoms with E-state index in [0.29, 0.717) is 0 Å². The summed E-state index contributed by atoms with van der Waals surface area (Å²) in [6.07, 6.45) is 3.82. The molecule has 0 spiro atoms. The van der Waals surface area contributed by atoms with Gasteiger partial charge in [0.1, 0.15) is 0 Å². The number of carbonyl (C=O) groups excluding carboxylic acids is 1. The Hall–Kier alpha value is -1.82. The Bertz CT molecular complexity index is 662. The first-order valence-electron chi connectivity index (χ1n) is 7.50. The van der Waals surface area contributed by atoms with E-state index < -0.39 is 0 Å². The number of aryl methyl sites for hydroxylation is 1. The molecule has 1 aromatic carbocycles. The molecule has 0 unspecified atom stereocenters. The van der Waals surface area contributed by atoms with E-state index in [9.17, 15) is 4.79 Å². The van der Waals surface area contributed by atoms with Gasteiger partial charge in [0, 0.05) is 49.6 Å². The topological polar surface area (TPSA) is 41.4 Å². The van der Waals surface area contributed by atoms with Gasteiger partial charge in [-0.3, -0.25) is 4.79 Å². The molecule has 1 saturated heterocycles. The Morgan fingerprint density at radius 2 is 1.95 bits per heavy atom. The van der Waals surface area contributed by atoms with E-state index in [1.807, 2.05) is 41.6 Å². The van der Waals surface area contributed by atoms with Crippen LogP contribution in [0.2, 0.25) is 0 Å². The van der Waals surface area contributed by atoms with Crippen molar-refractivity contribution in [2.75, 3.05) is 31.1 Å². The molecule has 5 nitrogen and oxygen atoms in total. The summed E-state index contributed by atoms with van der Waals surface area (Å²) < 4.78 is 2.98. The van der Waals surface area contributed by atoms with Crippen LogP contribution in [0.4, 0.5) is 5.95 Å². The molecular weight excluding hydrogens is 344 g/mol. The lowest BCUT2D eigenvalue weighted by Crippen LogP contribution is -2.49. The fourth-order valence-electron chi connectivity index (χ4n) is 2.75. The summed E-state index contributed by atoms with van der Waals surface area (Å²) in [7, 11) is 0. The van der Waals surface area contributed by atoms with Crippen molar-refractivity contribution in [2.45, 2.75) is 13.5 Å². The molecule has 1 fully saturated rings. The Kier molecular flexibility index (Phi) is 4.47. The van der Waals surface area contributed by atoms with Gasteiger partial charge in [-0.2, -0.15) is 0 Å². The highest BCUT2D eigenvalue weighted by Gasteiger charge is 2.24. The second-order valence-corrected chi connectivity index (χ2v) is 6.13. The molecule has 1 aliphatic rings. The quantitative estimate of drug-likeness (QED) is 0.842. The maximum atomic E-state index is 12.6. The minimum absolute atomic E-state index is 0.0889. The number of hydrogen-bond donors (Lipinski definition) is 0. The van der Waals surface area contributed by atoms with Crippen LogP contribution in [0.1, 0.15) is 17.3 Å². The highest BCUT2D eigenvalue weighted by Crippen LogP contribution is 2.20. The normalized spacial score (nSPS) is 15.2. The summed E-state index contributed by atoms with van der Waals surface area (Å²) in [4.78, 5) is 21.2. The van der Waals surface area contributed by atoms with Crippen LogP contribution in [-0.4, -0.2) is 46.5 Å². The van der Waals surface area contributed by atoms with E-state index in [-0.39, 0.29) is 5.91 Å². The van der Waals surface area contributed by atoms with Gasteiger partial charge in [-0.15, -0.1) is 0 Å². The van der Waals surface area contributed by atoms with Gasteiger partial charge in [-0.25, -0.2) is 4.98 Å². The van der Waals surface area contributed by atoms with Crippen molar-refractivity contribution in [1.29, 1.82) is 0 Å². The molecule has 116 valence electrons. The first-order valence-corrected chi connectivity index (χ1v) is 8.30. The van der Waals surface area contributed by atoms with E-state index >= 15 is 0 Å². The smallest absolute Gasteiger partial charge is 0.255 e. The molecule has 22 heavy (non-hydrogen) atoms. The number of rotatable bonds is 3. The average Bonchev–Trinajstić information content (AvgIpc) is 3.03. The standard InChI is InChI=1S/C16H19BrN4O/c1-2-19-8-7-18-16(19)21-11-9-20(10-12-21)15(22)13-5-3-4-6-14(13)17/h3-8H,2,9-12H2,1H3. The van der Waals surface area contributed by atoms with Crippen LogP contribution in [0.5, 0.6) is 0 Å². The van der Waals surface area contributed by atoms with Crippen LogP contribution in [-0.2, 0) is 6.54 Å². The van der Waals surface area contributed by atoms with Crippen molar-refractivity contribution >= 4 is 27.8 Å². The highest BCUT2D eigenvalue weighted by atomic mass is 79.9. The van der Waals surface area contributed by atoms with E-state index in [1.54, 1.807) is 0 Å². The lowest BCUT2D eigenvalue weighted by molar-refractivity contribution is 0.0745. The molecule has 0 atom stereocenters. The van der Waals surface area contributed by atoms with Gasteiger partial charge in [0.25, 0.3) is 5.91 Å². The van der Waals surface area contributed by atoms with Gasteiger partial charge in [0.05, 0.1) is 5.56 Å². The molecule has 2 heterocycles. The Balaban J connectivity index is 1.67. The zero-order chi connectivity index (χ0) is 15.5. The van der Waals surface area contributed by atoms with Crippen molar-refractivity contribution in [1.82, 2.24) is 14.5 Å². The number of amides is 1. The molecule has 1 aliphatic heterocycles. The first kappa shape index (κ1) is 15.1. The number of carbonyl (C=O) groups is 1. The van der Waals surface area contributed by atoms with Gasteiger partial charge in [0.2, 0.25) is 5.95 Å². The summed E-state index contributed by atoms with van der Waals surface area (Å²) in [6, 6.07) is 7.58. The fourth-order valence-corrected chi connectivity index (χ4v) is 3.20. The van der Waals surface area contributed by atoms with Crippen LogP contribution in [0, 0.1) is 0 Å². The Labute approximate surface area is 138 Å². The number of nitrogens with zero attached hydrogens (tertiary/aromatic N) is 4. The number of piperazine rings is 1. The molecule has 0 radical (unpaired) electrons. The third kappa shape index (κ3) is 2.88. The maximum absolute atomic E-state index is 12.6. The van der Waals surface area contributed by atoms with Crippen molar-refractivity contribution in [3.8, 4) is 0 Å². The molecular formula is C16H19BrN4O. The maximum Gasteiger partial charge on any atom is 0.255 e. The lowest BCUT2D eigenvalue weighted by atomic mass is 10.2. The minimum Gasteiger partial charge on any atom is -0.339 e. The number of halogens is 1. The van der Waals surface area contributed by atoms with Gasteiger partial charge in [-0.1, -0.05) is 12.1 Å². The minimum atomic E-state index is 0.0889. The molecule has 1 aromatic heterocycles. The van der Waals surface area contributed by atoms with E-state index in [2.05, 4.69) is 37.3 Å². The zero-order valence-electron chi connectivity index (χ0n) is 12.6. The van der Waals surface area contributed by atoms with E-state index in [1.165, 1.54) is 0 Å². The average molecular weight is 363 g/mol. The Morgan fingerprint density at radius 1 is 1.23 bits per heavy atom. The molecule has 6 heteroatoms. The van der Waals surface area contributed by atoms with Crippen molar-refractivity contribution in [3.05, 3.63) is 46.7 Å². The fraction of sp³-hybridized carbons (Fsp3) is 0.375. The van der Waals surface area contributed by atoms with Crippen LogP contribution in [0.15, 0.2) is 41.1 Å². The van der Waals surface area contributed by atoms with Crippen LogP contribution in [0.25, 0.3) is 0 Å². The first-order chi connectivity index (χ1) is 10.7. The zero-order valence-corrected chi connectivity index (χ0v) is 14.2. The van der Waals surface area contributed by atoms with Crippen molar-refractivity contribution in [3.63, 3.8) is 0 Å². The van der Waals surface area contributed by atoms with Gasteiger partial charge in [-0.05, 0) is 35.0 Å². The summed E-state index contributed by atoms with van der Waals surface area (Å²) in [6.45, 7) is 6.08. The SMILES string of the molecule is CCn1ccnc1N1CCN(C(=O)c2ccccc2Br)CC1. The second kappa shape index (κ2) is 6.52. The van der Waals surface area contributed by atoms with Crippen LogP contribution < -0.4 is 4.90 Å². The predicted molar refractivity (Wildman–Crippen MR) is 90.2 cm³/mol. The van der Waals surface area contributed by atoms with E-state index in [0.717, 1.165) is 48.7 Å². The molecule has 0 N–H and O–H groups in total. The molecule has 0 aliphatic carbocycles. The van der Waals surface area contributed by atoms with Crippen molar-refractivity contribution in [2.24, 2.45) is 0 Å². The number of hydrogen-bond acceptors (Lipinski definition) is 3. The number of benzene rings is 1. The lowest BCUT2D eigenvalue weighted by Gasteiger charge is -2.35. The molecule has 0 bridgehead atoms. The molecule has 1 amide bonds. The predicted octanol–water partition coefficient (Wildman–Crippen LogP) is 2.63. The summed E-state index contributed by atoms with van der Waals surface area (Å²) in [5.74, 6) is 1.08. The highest BCUT2D eigenvalue weighted by molar-refractivity contribution is 9.10. The van der Waals surface area contributed by atoms with Gasteiger partial charge in [0.15, 0.2) is 0 Å². The van der Waals surface area contributed by atoms with Crippen LogP contribution in [0.3, 0.4) is 0 Å². The molecule has 0 saturated carbocycles. The number of aromatic nitrogens is 2. The molecule has 2 aromatic rings. The van der Waals surface area contributed by atoms with Gasteiger partial charge >= 0.3 is 0 Å². The summed E-state index contributed by atoms with van der Waals surface area (Å²) in [5, 5.41) is 0. The number of imidazole rings is 1. The number of anilines is 1. The summed E-state index contributed by atoms with van der Waals surface area (Å²) >= 11 is 3.45. The Morgan fingerprint density at radius 3 is 2.64 bits per heavy atom. The van der Waals surface area contributed by atoms with E-state index in [4.69, 9.17) is 0 Å². The summed E-state index contributed by atoms with van der Waals surface area (Å²) in [5.41, 5.74) is 0.728. The van der Waals surface area contributed by atoms with Crippen molar-refractivity contribution < 1.29 is 4.79 Å². The third-order valence-electron chi connectivity index (χ3n) is 3.99. The largest absolute Gasteiger partial charge is 0.339 e. The third-order valence-corrected chi connectivity index (χ3v) is 4.68.